The van der Waals surface area contributed by atoms with Gasteiger partial charge in [0.15, 0.2) is 0 Å². The fourth-order valence-corrected chi connectivity index (χ4v) is 2.69. The van der Waals surface area contributed by atoms with Crippen LogP contribution in [0.1, 0.15) is 24.5 Å². The Kier molecular flexibility index (Phi) is 4.75. The monoisotopic (exact) mass is 302 g/mol. The zero-order valence-corrected chi connectivity index (χ0v) is 12.9. The van der Waals surface area contributed by atoms with Crippen molar-refractivity contribution in [2.45, 2.75) is 25.2 Å². The molecule has 0 unspecified atom stereocenters. The molecule has 4 nitrogen and oxygen atoms in total. The molecule has 0 aliphatic rings. The molecule has 0 spiro atoms. The molecule has 0 aromatic heterocycles. The van der Waals surface area contributed by atoms with Crippen LogP contribution in [0.5, 0.6) is 0 Å². The number of hydrogen-bond donors (Lipinski definition) is 1. The quantitative estimate of drug-likeness (QED) is 0.681. The first-order chi connectivity index (χ1) is 10.0. The minimum Gasteiger partial charge on any atom is -0.200 e. The number of aryl methyl sites for hydroxylation is 1. The van der Waals surface area contributed by atoms with Gasteiger partial charge in [-0.15, -0.1) is 0 Å². The molecular formula is C16H18N2O2S. The van der Waals surface area contributed by atoms with Gasteiger partial charge in [-0.1, -0.05) is 55.0 Å². The van der Waals surface area contributed by atoms with Crippen molar-refractivity contribution in [3.8, 4) is 0 Å². The molecular weight excluding hydrogens is 284 g/mol. The van der Waals surface area contributed by atoms with E-state index < -0.39 is 10.0 Å². The van der Waals surface area contributed by atoms with Gasteiger partial charge in [0.1, 0.15) is 0 Å². The summed E-state index contributed by atoms with van der Waals surface area (Å²) in [6.45, 7) is 3.85. The van der Waals surface area contributed by atoms with Crippen molar-refractivity contribution in [2.75, 3.05) is 0 Å². The predicted octanol–water partition coefficient (Wildman–Crippen LogP) is 3.09. The molecule has 0 fully saturated rings. The number of sulfonamides is 1. The number of nitrogens with one attached hydrogen (secondary N) is 1. The molecule has 21 heavy (non-hydrogen) atoms. The third-order valence-corrected chi connectivity index (χ3v) is 4.30. The Morgan fingerprint density at radius 3 is 2.24 bits per heavy atom. The van der Waals surface area contributed by atoms with Crippen LogP contribution in [-0.2, 0) is 10.0 Å². The minimum atomic E-state index is -3.63. The van der Waals surface area contributed by atoms with Crippen LogP contribution >= 0.6 is 0 Å². The van der Waals surface area contributed by atoms with Gasteiger partial charge in [0.2, 0.25) is 0 Å². The first-order valence-electron chi connectivity index (χ1n) is 6.73. The summed E-state index contributed by atoms with van der Waals surface area (Å²) in [7, 11) is -3.63. The van der Waals surface area contributed by atoms with Crippen molar-refractivity contribution in [3.05, 3.63) is 65.7 Å². The molecule has 5 heteroatoms. The van der Waals surface area contributed by atoms with Crippen molar-refractivity contribution in [1.29, 1.82) is 0 Å². The van der Waals surface area contributed by atoms with Gasteiger partial charge in [0.05, 0.1) is 10.6 Å². The predicted molar refractivity (Wildman–Crippen MR) is 84.8 cm³/mol. The maximum atomic E-state index is 12.2. The molecule has 2 rings (SSSR count). The van der Waals surface area contributed by atoms with Gasteiger partial charge in [-0.3, -0.25) is 0 Å². The lowest BCUT2D eigenvalue weighted by Crippen LogP contribution is -2.20. The fourth-order valence-electron chi connectivity index (χ4n) is 1.86. The van der Waals surface area contributed by atoms with Crippen LogP contribution < -0.4 is 4.83 Å². The van der Waals surface area contributed by atoms with Gasteiger partial charge >= 0.3 is 0 Å². The van der Waals surface area contributed by atoms with E-state index in [1.165, 1.54) is 0 Å². The number of hydrazone groups is 1. The normalized spacial score (nSPS) is 12.2. The van der Waals surface area contributed by atoms with Gasteiger partial charge < -0.3 is 0 Å². The lowest BCUT2D eigenvalue weighted by molar-refractivity contribution is 0.584. The van der Waals surface area contributed by atoms with Crippen molar-refractivity contribution < 1.29 is 8.42 Å². The lowest BCUT2D eigenvalue weighted by Gasteiger charge is -2.07. The van der Waals surface area contributed by atoms with E-state index >= 15 is 0 Å². The molecule has 0 saturated heterocycles. The molecule has 0 heterocycles. The molecule has 0 saturated carbocycles. The van der Waals surface area contributed by atoms with Crippen molar-refractivity contribution in [2.24, 2.45) is 5.10 Å². The SMILES string of the molecule is CC/C(=N/NS(=O)(=O)c1ccc(C)cc1)c1ccccc1. The Morgan fingerprint density at radius 2 is 1.67 bits per heavy atom. The Bertz CT molecular complexity index is 721. The van der Waals surface area contributed by atoms with E-state index in [2.05, 4.69) is 9.93 Å². The van der Waals surface area contributed by atoms with Crippen LogP contribution in [-0.4, -0.2) is 14.1 Å². The summed E-state index contributed by atoms with van der Waals surface area (Å²) >= 11 is 0. The average Bonchev–Trinajstić information content (AvgIpc) is 2.49. The lowest BCUT2D eigenvalue weighted by atomic mass is 10.1. The van der Waals surface area contributed by atoms with Gasteiger partial charge in [0.25, 0.3) is 10.0 Å². The number of benzene rings is 2. The maximum Gasteiger partial charge on any atom is 0.276 e. The highest BCUT2D eigenvalue weighted by molar-refractivity contribution is 7.89. The van der Waals surface area contributed by atoms with Crippen LogP contribution in [0.3, 0.4) is 0 Å². The molecule has 2 aromatic carbocycles. The van der Waals surface area contributed by atoms with E-state index in [4.69, 9.17) is 0 Å². The Morgan fingerprint density at radius 1 is 1.05 bits per heavy atom. The molecule has 2 aromatic rings. The summed E-state index contributed by atoms with van der Waals surface area (Å²) in [6, 6.07) is 16.2. The van der Waals surface area contributed by atoms with Crippen LogP contribution in [0.15, 0.2) is 64.6 Å². The van der Waals surface area contributed by atoms with Crippen LogP contribution in [0, 0.1) is 6.92 Å². The van der Waals surface area contributed by atoms with Gasteiger partial charge in [-0.05, 0) is 31.0 Å². The molecule has 1 N–H and O–H groups in total. The molecule has 0 atom stereocenters. The van der Waals surface area contributed by atoms with E-state index in [9.17, 15) is 8.42 Å². The van der Waals surface area contributed by atoms with Crippen LogP contribution in [0.25, 0.3) is 0 Å². The van der Waals surface area contributed by atoms with E-state index in [1.54, 1.807) is 24.3 Å². The van der Waals surface area contributed by atoms with E-state index in [1.807, 2.05) is 44.2 Å². The van der Waals surface area contributed by atoms with Crippen molar-refractivity contribution in [1.82, 2.24) is 4.83 Å². The smallest absolute Gasteiger partial charge is 0.200 e. The fraction of sp³-hybridized carbons (Fsp3) is 0.188. The maximum absolute atomic E-state index is 12.2. The van der Waals surface area contributed by atoms with Gasteiger partial charge in [-0.25, -0.2) is 0 Å². The molecule has 0 amide bonds. The Balaban J connectivity index is 2.24. The minimum absolute atomic E-state index is 0.209. The Hall–Kier alpha value is -2.14. The second-order valence-electron chi connectivity index (χ2n) is 4.69. The summed E-state index contributed by atoms with van der Waals surface area (Å²) in [6.07, 6.45) is 0.639. The first-order valence-corrected chi connectivity index (χ1v) is 8.21. The second kappa shape index (κ2) is 6.54. The molecule has 110 valence electrons. The van der Waals surface area contributed by atoms with Gasteiger partial charge in [0, 0.05) is 0 Å². The summed E-state index contributed by atoms with van der Waals surface area (Å²) in [4.78, 5) is 2.51. The van der Waals surface area contributed by atoms with Crippen LogP contribution in [0.4, 0.5) is 0 Å². The summed E-state index contributed by atoms with van der Waals surface area (Å²) in [5.41, 5.74) is 2.62. The standard InChI is InChI=1S/C16H18N2O2S/c1-3-16(14-7-5-4-6-8-14)17-18-21(19,20)15-11-9-13(2)10-12-15/h4-12,18H,3H2,1-2H3/b17-16-. The largest absolute Gasteiger partial charge is 0.276 e. The molecule has 0 aliphatic carbocycles. The number of nitrogens with zero attached hydrogens (tertiary/aromatic N) is 1. The third-order valence-electron chi connectivity index (χ3n) is 3.07. The zero-order chi connectivity index (χ0) is 15.3. The van der Waals surface area contributed by atoms with E-state index in [-0.39, 0.29) is 4.90 Å². The third kappa shape index (κ3) is 3.92. The first kappa shape index (κ1) is 15.3. The molecule has 0 aliphatic heterocycles. The highest BCUT2D eigenvalue weighted by atomic mass is 32.2. The van der Waals surface area contributed by atoms with Crippen molar-refractivity contribution >= 4 is 15.7 Å². The second-order valence-corrected chi connectivity index (χ2v) is 6.35. The molecule has 0 bridgehead atoms. The Labute approximate surface area is 125 Å². The highest BCUT2D eigenvalue weighted by Crippen LogP contribution is 2.10. The van der Waals surface area contributed by atoms with Crippen LogP contribution in [0.2, 0.25) is 0 Å². The van der Waals surface area contributed by atoms with Crippen molar-refractivity contribution in [3.63, 3.8) is 0 Å². The summed E-state index contributed by atoms with van der Waals surface area (Å²) in [5, 5.41) is 4.06. The average molecular weight is 302 g/mol. The zero-order valence-electron chi connectivity index (χ0n) is 12.1. The van der Waals surface area contributed by atoms with Gasteiger partial charge in [-0.2, -0.15) is 18.4 Å². The summed E-state index contributed by atoms with van der Waals surface area (Å²) in [5.74, 6) is 0. The summed E-state index contributed by atoms with van der Waals surface area (Å²) < 4.78 is 24.4. The topological polar surface area (TPSA) is 58.5 Å². The highest BCUT2D eigenvalue weighted by Gasteiger charge is 2.13. The van der Waals surface area contributed by atoms with E-state index in [0.717, 1.165) is 11.1 Å². The number of rotatable bonds is 5. The number of hydrogen-bond acceptors (Lipinski definition) is 3. The van der Waals surface area contributed by atoms with E-state index in [0.29, 0.717) is 12.1 Å². The molecule has 0 radical (unpaired) electrons.